The minimum atomic E-state index is -0.102. The number of carbonyl (C=O) groups excluding carboxylic acids is 1. The maximum atomic E-state index is 12.4. The first-order valence-electron chi connectivity index (χ1n) is 6.87. The molecular formula is C15H24ClN3O. The van der Waals surface area contributed by atoms with Crippen molar-refractivity contribution >= 4 is 18.3 Å². The molecule has 0 bridgehead atoms. The SMILES string of the molecule is CC(CN)C(=O)N1CCN(C)CC1c1ccccc1.Cl. The van der Waals surface area contributed by atoms with E-state index in [1.165, 1.54) is 5.56 Å². The van der Waals surface area contributed by atoms with Gasteiger partial charge in [-0.15, -0.1) is 12.4 Å². The van der Waals surface area contributed by atoms with Crippen LogP contribution < -0.4 is 5.73 Å². The molecule has 1 aromatic rings. The number of nitrogens with zero attached hydrogens (tertiary/aromatic N) is 2. The van der Waals surface area contributed by atoms with Crippen molar-refractivity contribution < 1.29 is 4.79 Å². The fraction of sp³-hybridized carbons (Fsp3) is 0.533. The van der Waals surface area contributed by atoms with E-state index in [0.29, 0.717) is 6.54 Å². The van der Waals surface area contributed by atoms with Gasteiger partial charge in [-0.05, 0) is 12.6 Å². The van der Waals surface area contributed by atoms with Crippen LogP contribution in [0.3, 0.4) is 0 Å². The topological polar surface area (TPSA) is 49.6 Å². The lowest BCUT2D eigenvalue weighted by molar-refractivity contribution is -0.139. The molecule has 4 nitrogen and oxygen atoms in total. The quantitative estimate of drug-likeness (QED) is 0.920. The van der Waals surface area contributed by atoms with E-state index in [2.05, 4.69) is 24.1 Å². The average Bonchev–Trinajstić information content (AvgIpc) is 2.46. The number of nitrogens with two attached hydrogens (primary N) is 1. The van der Waals surface area contributed by atoms with E-state index in [1.54, 1.807) is 0 Å². The second kappa shape index (κ2) is 7.62. The maximum absolute atomic E-state index is 12.4. The average molecular weight is 298 g/mol. The van der Waals surface area contributed by atoms with E-state index in [-0.39, 0.29) is 30.3 Å². The fourth-order valence-corrected chi connectivity index (χ4v) is 2.53. The van der Waals surface area contributed by atoms with Crippen LogP contribution >= 0.6 is 12.4 Å². The van der Waals surface area contributed by atoms with Gasteiger partial charge in [-0.25, -0.2) is 0 Å². The zero-order valence-electron chi connectivity index (χ0n) is 12.2. The summed E-state index contributed by atoms with van der Waals surface area (Å²) in [5.74, 6) is 0.0686. The molecule has 1 saturated heterocycles. The standard InChI is InChI=1S/C15H23N3O.ClH/c1-12(10-16)15(19)18-9-8-17(2)11-14(18)13-6-4-3-5-7-13;/h3-7,12,14H,8-11,16H2,1-2H3;1H. The number of likely N-dealkylation sites (N-methyl/N-ethyl adjacent to an activating group) is 1. The van der Waals surface area contributed by atoms with E-state index in [9.17, 15) is 4.79 Å². The van der Waals surface area contributed by atoms with Gasteiger partial charge in [0.15, 0.2) is 0 Å². The Bertz CT molecular complexity index is 426. The van der Waals surface area contributed by atoms with Crippen LogP contribution in [0, 0.1) is 5.92 Å². The van der Waals surface area contributed by atoms with Gasteiger partial charge in [0.2, 0.25) is 5.91 Å². The van der Waals surface area contributed by atoms with Crippen LogP contribution in [0.2, 0.25) is 0 Å². The number of halogens is 1. The Morgan fingerprint density at radius 3 is 2.60 bits per heavy atom. The smallest absolute Gasteiger partial charge is 0.227 e. The van der Waals surface area contributed by atoms with Crippen molar-refractivity contribution in [2.75, 3.05) is 33.2 Å². The Morgan fingerprint density at radius 1 is 1.35 bits per heavy atom. The van der Waals surface area contributed by atoms with E-state index in [4.69, 9.17) is 5.73 Å². The van der Waals surface area contributed by atoms with Gasteiger partial charge >= 0.3 is 0 Å². The maximum Gasteiger partial charge on any atom is 0.227 e. The normalized spacial score (nSPS) is 21.1. The highest BCUT2D eigenvalue weighted by Crippen LogP contribution is 2.26. The highest BCUT2D eigenvalue weighted by atomic mass is 35.5. The minimum absolute atomic E-state index is 0. The largest absolute Gasteiger partial charge is 0.333 e. The van der Waals surface area contributed by atoms with Crippen molar-refractivity contribution in [3.63, 3.8) is 0 Å². The highest BCUT2D eigenvalue weighted by molar-refractivity contribution is 5.85. The van der Waals surface area contributed by atoms with Crippen LogP contribution in [0.25, 0.3) is 0 Å². The molecule has 2 N–H and O–H groups in total. The molecule has 112 valence electrons. The summed E-state index contributed by atoms with van der Waals surface area (Å²) >= 11 is 0. The summed E-state index contributed by atoms with van der Waals surface area (Å²) in [6.07, 6.45) is 0. The highest BCUT2D eigenvalue weighted by Gasteiger charge is 2.31. The Kier molecular flexibility index (Phi) is 6.46. The summed E-state index contributed by atoms with van der Waals surface area (Å²) in [6, 6.07) is 10.4. The van der Waals surface area contributed by atoms with Gasteiger partial charge in [0, 0.05) is 32.1 Å². The number of hydrogen-bond acceptors (Lipinski definition) is 3. The van der Waals surface area contributed by atoms with Crippen molar-refractivity contribution in [1.29, 1.82) is 0 Å². The van der Waals surface area contributed by atoms with E-state index in [0.717, 1.165) is 19.6 Å². The molecule has 0 saturated carbocycles. The summed E-state index contributed by atoms with van der Waals surface area (Å²) in [4.78, 5) is 16.7. The number of carbonyl (C=O) groups is 1. The number of amides is 1. The van der Waals surface area contributed by atoms with Gasteiger partial charge in [-0.3, -0.25) is 4.79 Å². The Balaban J connectivity index is 0.00000200. The van der Waals surface area contributed by atoms with Crippen LogP contribution in [0.1, 0.15) is 18.5 Å². The van der Waals surface area contributed by atoms with Crippen molar-refractivity contribution in [2.45, 2.75) is 13.0 Å². The molecular weight excluding hydrogens is 274 g/mol. The van der Waals surface area contributed by atoms with Gasteiger partial charge in [-0.1, -0.05) is 37.3 Å². The molecule has 1 aliphatic rings. The molecule has 1 aromatic carbocycles. The van der Waals surface area contributed by atoms with Gasteiger partial charge in [0.1, 0.15) is 0 Å². The summed E-state index contributed by atoms with van der Waals surface area (Å²) in [5, 5.41) is 0. The summed E-state index contributed by atoms with van der Waals surface area (Å²) in [5.41, 5.74) is 6.83. The Labute approximate surface area is 127 Å². The third-order valence-corrected chi connectivity index (χ3v) is 3.83. The summed E-state index contributed by atoms with van der Waals surface area (Å²) < 4.78 is 0. The Morgan fingerprint density at radius 2 is 2.00 bits per heavy atom. The summed E-state index contributed by atoms with van der Waals surface area (Å²) in [6.45, 7) is 4.90. The molecule has 2 rings (SSSR count). The second-order valence-electron chi connectivity index (χ2n) is 5.36. The first-order chi connectivity index (χ1) is 9.13. The molecule has 1 amide bonds. The van der Waals surface area contributed by atoms with Gasteiger partial charge in [0.25, 0.3) is 0 Å². The first kappa shape index (κ1) is 17.0. The molecule has 20 heavy (non-hydrogen) atoms. The summed E-state index contributed by atoms with van der Waals surface area (Å²) in [7, 11) is 2.10. The predicted octanol–water partition coefficient (Wildman–Crippen LogP) is 1.52. The van der Waals surface area contributed by atoms with Gasteiger partial charge in [-0.2, -0.15) is 0 Å². The molecule has 5 heteroatoms. The number of rotatable bonds is 3. The molecule has 1 heterocycles. The van der Waals surface area contributed by atoms with Gasteiger partial charge < -0.3 is 15.5 Å². The zero-order chi connectivity index (χ0) is 13.8. The lowest BCUT2D eigenvalue weighted by Crippen LogP contribution is -2.51. The van der Waals surface area contributed by atoms with E-state index < -0.39 is 0 Å². The lowest BCUT2D eigenvalue weighted by atomic mass is 10.00. The third kappa shape index (κ3) is 3.72. The van der Waals surface area contributed by atoms with Crippen LogP contribution in [0.5, 0.6) is 0 Å². The van der Waals surface area contributed by atoms with Gasteiger partial charge in [0.05, 0.1) is 6.04 Å². The van der Waals surface area contributed by atoms with E-state index in [1.807, 2.05) is 30.0 Å². The monoisotopic (exact) mass is 297 g/mol. The molecule has 2 atom stereocenters. The van der Waals surface area contributed by atoms with Crippen LogP contribution in [-0.4, -0.2) is 48.9 Å². The van der Waals surface area contributed by atoms with Crippen LogP contribution in [0.4, 0.5) is 0 Å². The predicted molar refractivity (Wildman–Crippen MR) is 83.9 cm³/mol. The van der Waals surface area contributed by atoms with Crippen LogP contribution in [0.15, 0.2) is 30.3 Å². The molecule has 2 unspecified atom stereocenters. The lowest BCUT2D eigenvalue weighted by Gasteiger charge is -2.41. The van der Waals surface area contributed by atoms with Crippen molar-refractivity contribution in [2.24, 2.45) is 11.7 Å². The number of piperazine rings is 1. The molecule has 0 aromatic heterocycles. The van der Waals surface area contributed by atoms with Crippen LogP contribution in [-0.2, 0) is 4.79 Å². The van der Waals surface area contributed by atoms with E-state index >= 15 is 0 Å². The molecule has 0 spiro atoms. The molecule has 0 radical (unpaired) electrons. The zero-order valence-corrected chi connectivity index (χ0v) is 13.0. The third-order valence-electron chi connectivity index (χ3n) is 3.83. The molecule has 0 aliphatic carbocycles. The number of hydrogen-bond donors (Lipinski definition) is 1. The van der Waals surface area contributed by atoms with Crippen molar-refractivity contribution in [3.8, 4) is 0 Å². The Hall–Kier alpha value is -1.10. The van der Waals surface area contributed by atoms with Crippen molar-refractivity contribution in [1.82, 2.24) is 9.80 Å². The molecule has 1 aliphatic heterocycles. The first-order valence-corrected chi connectivity index (χ1v) is 6.87. The molecule has 1 fully saturated rings. The van der Waals surface area contributed by atoms with Crippen molar-refractivity contribution in [3.05, 3.63) is 35.9 Å². The minimum Gasteiger partial charge on any atom is -0.333 e. The number of benzene rings is 1. The second-order valence-corrected chi connectivity index (χ2v) is 5.36. The fourth-order valence-electron chi connectivity index (χ4n) is 2.53.